The lowest BCUT2D eigenvalue weighted by molar-refractivity contribution is 0.464. The highest BCUT2D eigenvalue weighted by Crippen LogP contribution is 2.29. The van der Waals surface area contributed by atoms with Crippen LogP contribution in [0.3, 0.4) is 0 Å². The summed E-state index contributed by atoms with van der Waals surface area (Å²) in [5.41, 5.74) is 0.833. The molecule has 0 saturated carbocycles. The lowest BCUT2D eigenvalue weighted by Gasteiger charge is -2.13. The average molecular weight is 374 g/mol. The third-order valence-corrected chi connectivity index (χ3v) is 4.98. The molecule has 0 aliphatic rings. The van der Waals surface area contributed by atoms with Crippen LogP contribution in [0.1, 0.15) is 26.5 Å². The van der Waals surface area contributed by atoms with Crippen molar-refractivity contribution >= 4 is 10.1 Å². The number of halogens is 1. The van der Waals surface area contributed by atoms with Crippen LogP contribution in [0.25, 0.3) is 5.69 Å². The third-order valence-electron chi connectivity index (χ3n) is 3.74. The fourth-order valence-electron chi connectivity index (χ4n) is 2.30. The Balaban J connectivity index is 2.08. The second-order valence-electron chi connectivity index (χ2n) is 6.86. The average Bonchev–Trinajstić information content (AvgIpc) is 3.00. The summed E-state index contributed by atoms with van der Waals surface area (Å²) in [5, 5.41) is 4.46. The molecule has 0 saturated heterocycles. The Morgan fingerprint density at radius 3 is 2.19 bits per heavy atom. The van der Waals surface area contributed by atoms with Crippen molar-refractivity contribution in [3.63, 3.8) is 0 Å². The van der Waals surface area contributed by atoms with Gasteiger partial charge in [0.15, 0.2) is 0 Å². The van der Waals surface area contributed by atoms with Crippen molar-refractivity contribution in [1.82, 2.24) is 9.78 Å². The molecule has 26 heavy (non-hydrogen) atoms. The van der Waals surface area contributed by atoms with Crippen molar-refractivity contribution in [2.45, 2.75) is 31.1 Å². The van der Waals surface area contributed by atoms with Crippen LogP contribution in [0.2, 0.25) is 0 Å². The molecule has 0 atom stereocenters. The Labute approximate surface area is 152 Å². The molecule has 0 radical (unpaired) electrons. The fraction of sp³-hybridized carbons (Fsp3) is 0.211. The first kappa shape index (κ1) is 18.1. The van der Waals surface area contributed by atoms with Gasteiger partial charge in [0.1, 0.15) is 10.7 Å². The Morgan fingerprint density at radius 1 is 1.00 bits per heavy atom. The molecular formula is C19H19FN2O3S. The molecule has 2 aromatic carbocycles. The van der Waals surface area contributed by atoms with Crippen molar-refractivity contribution in [1.29, 1.82) is 0 Å². The standard InChI is InChI=1S/C19H19FN2O3S/c1-19(2,3)17-13-18(22(21-17)15-11-9-14(20)10-12-15)25-26(23,24)16-7-5-4-6-8-16/h4-13H,1-3H3. The smallest absolute Gasteiger partial charge is 0.340 e. The van der Waals surface area contributed by atoms with Crippen molar-refractivity contribution in [3.8, 4) is 11.6 Å². The minimum Gasteiger partial charge on any atom is -0.358 e. The van der Waals surface area contributed by atoms with E-state index in [-0.39, 0.29) is 16.2 Å². The third kappa shape index (κ3) is 3.77. The lowest BCUT2D eigenvalue weighted by Crippen LogP contribution is -2.13. The van der Waals surface area contributed by atoms with Gasteiger partial charge in [-0.3, -0.25) is 0 Å². The van der Waals surface area contributed by atoms with E-state index in [0.29, 0.717) is 11.4 Å². The van der Waals surface area contributed by atoms with Gasteiger partial charge in [-0.05, 0) is 36.4 Å². The Kier molecular flexibility index (Phi) is 4.58. The SMILES string of the molecule is CC(C)(C)c1cc(OS(=O)(=O)c2ccccc2)n(-c2ccc(F)cc2)n1. The predicted molar refractivity (Wildman–Crippen MR) is 96.5 cm³/mol. The number of hydrogen-bond donors (Lipinski definition) is 0. The second kappa shape index (κ2) is 6.57. The summed E-state index contributed by atoms with van der Waals surface area (Å²) in [5.74, 6) is -0.346. The van der Waals surface area contributed by atoms with Gasteiger partial charge < -0.3 is 4.18 Å². The first-order valence-corrected chi connectivity index (χ1v) is 9.44. The minimum absolute atomic E-state index is 0.0455. The number of hydrogen-bond acceptors (Lipinski definition) is 4. The van der Waals surface area contributed by atoms with Gasteiger partial charge in [-0.25, -0.2) is 4.39 Å². The number of nitrogens with zero attached hydrogens (tertiary/aromatic N) is 2. The van der Waals surface area contributed by atoms with Crippen LogP contribution in [0.5, 0.6) is 5.88 Å². The van der Waals surface area contributed by atoms with Gasteiger partial charge in [0.05, 0.1) is 11.4 Å². The first-order valence-electron chi connectivity index (χ1n) is 8.03. The second-order valence-corrected chi connectivity index (χ2v) is 8.40. The number of benzene rings is 2. The van der Waals surface area contributed by atoms with E-state index in [4.69, 9.17) is 4.18 Å². The Hall–Kier alpha value is -2.67. The largest absolute Gasteiger partial charge is 0.358 e. The van der Waals surface area contributed by atoms with E-state index < -0.39 is 15.9 Å². The maximum atomic E-state index is 13.2. The minimum atomic E-state index is -4.02. The van der Waals surface area contributed by atoms with Gasteiger partial charge >= 0.3 is 10.1 Å². The zero-order valence-corrected chi connectivity index (χ0v) is 15.5. The van der Waals surface area contributed by atoms with Gasteiger partial charge in [-0.2, -0.15) is 18.2 Å². The molecule has 0 spiro atoms. The molecule has 0 amide bonds. The maximum Gasteiger partial charge on any atom is 0.340 e. The van der Waals surface area contributed by atoms with Gasteiger partial charge in [0.25, 0.3) is 0 Å². The monoisotopic (exact) mass is 374 g/mol. The molecule has 136 valence electrons. The van der Waals surface area contributed by atoms with Crippen LogP contribution in [-0.2, 0) is 15.5 Å². The molecule has 5 nitrogen and oxygen atoms in total. The zero-order chi connectivity index (χ0) is 18.9. The quantitative estimate of drug-likeness (QED) is 0.646. The van der Waals surface area contributed by atoms with E-state index in [9.17, 15) is 12.8 Å². The van der Waals surface area contributed by atoms with Crippen LogP contribution >= 0.6 is 0 Å². The van der Waals surface area contributed by atoms with Gasteiger partial charge in [0.2, 0.25) is 5.88 Å². The molecule has 1 aromatic heterocycles. The molecule has 7 heteroatoms. The molecule has 3 aromatic rings. The Morgan fingerprint density at radius 2 is 1.62 bits per heavy atom. The van der Waals surface area contributed by atoms with Crippen LogP contribution in [0.4, 0.5) is 4.39 Å². The highest BCUT2D eigenvalue weighted by molar-refractivity contribution is 7.87. The van der Waals surface area contributed by atoms with Gasteiger partial charge in [-0.1, -0.05) is 39.0 Å². The summed E-state index contributed by atoms with van der Waals surface area (Å²) >= 11 is 0. The van der Waals surface area contributed by atoms with Crippen LogP contribution < -0.4 is 4.18 Å². The van der Waals surface area contributed by atoms with Gasteiger partial charge in [-0.15, -0.1) is 0 Å². The molecule has 0 unspecified atom stereocenters. The zero-order valence-electron chi connectivity index (χ0n) is 14.7. The topological polar surface area (TPSA) is 61.2 Å². The van der Waals surface area contributed by atoms with Crippen LogP contribution in [0, 0.1) is 5.82 Å². The summed E-state index contributed by atoms with van der Waals surface area (Å²) in [6.45, 7) is 5.87. The summed E-state index contributed by atoms with van der Waals surface area (Å²) in [7, 11) is -4.02. The molecule has 0 aliphatic heterocycles. The summed E-state index contributed by atoms with van der Waals surface area (Å²) < 4.78 is 45.1. The highest BCUT2D eigenvalue weighted by Gasteiger charge is 2.25. The van der Waals surface area contributed by atoms with Crippen LogP contribution in [0.15, 0.2) is 65.6 Å². The first-order chi connectivity index (χ1) is 12.2. The molecule has 0 bridgehead atoms. The molecule has 1 heterocycles. The normalized spacial score (nSPS) is 12.2. The molecule has 0 aliphatic carbocycles. The van der Waals surface area contributed by atoms with Crippen molar-refractivity contribution in [3.05, 3.63) is 72.2 Å². The number of aromatic nitrogens is 2. The Bertz CT molecular complexity index is 1010. The summed E-state index contributed by atoms with van der Waals surface area (Å²) in [4.78, 5) is 0.0455. The van der Waals surface area contributed by atoms with Crippen molar-refractivity contribution in [2.75, 3.05) is 0 Å². The molecule has 3 rings (SSSR count). The maximum absolute atomic E-state index is 13.2. The number of rotatable bonds is 4. The van der Waals surface area contributed by atoms with E-state index in [1.165, 1.54) is 41.1 Å². The van der Waals surface area contributed by atoms with Gasteiger partial charge in [0, 0.05) is 11.5 Å². The van der Waals surface area contributed by atoms with Crippen molar-refractivity contribution in [2.24, 2.45) is 0 Å². The summed E-state index contributed by atoms with van der Waals surface area (Å²) in [6.07, 6.45) is 0. The van der Waals surface area contributed by atoms with E-state index in [0.717, 1.165) is 0 Å². The van der Waals surface area contributed by atoms with Crippen LogP contribution in [-0.4, -0.2) is 18.2 Å². The van der Waals surface area contributed by atoms with Crippen molar-refractivity contribution < 1.29 is 17.0 Å². The molecule has 0 fully saturated rings. The summed E-state index contributed by atoms with van der Waals surface area (Å²) in [6, 6.07) is 15.0. The van der Waals surface area contributed by atoms with E-state index >= 15 is 0 Å². The van der Waals surface area contributed by atoms with E-state index in [1.54, 1.807) is 24.3 Å². The molecule has 0 N–H and O–H groups in total. The highest BCUT2D eigenvalue weighted by atomic mass is 32.2. The lowest BCUT2D eigenvalue weighted by atomic mass is 9.93. The predicted octanol–water partition coefficient (Wildman–Crippen LogP) is 4.08. The van der Waals surface area contributed by atoms with E-state index in [2.05, 4.69) is 5.10 Å². The van der Waals surface area contributed by atoms with E-state index in [1.807, 2.05) is 20.8 Å². The fourth-order valence-corrected chi connectivity index (χ4v) is 3.24. The molecular weight excluding hydrogens is 355 g/mol.